The molecule has 0 spiro atoms. The quantitative estimate of drug-likeness (QED) is 0.804. The molecule has 0 heterocycles. The fourth-order valence-electron chi connectivity index (χ4n) is 3.00. The lowest BCUT2D eigenvalue weighted by Crippen LogP contribution is -2.26. The van der Waals surface area contributed by atoms with Gasteiger partial charge in [-0.25, -0.2) is 0 Å². The minimum absolute atomic E-state index is 0.238. The summed E-state index contributed by atoms with van der Waals surface area (Å²) in [7, 11) is 1.70. The summed E-state index contributed by atoms with van der Waals surface area (Å²) in [5.74, 6) is 1.20. The van der Waals surface area contributed by atoms with Gasteiger partial charge in [-0.05, 0) is 23.6 Å². The Labute approximate surface area is 137 Å². The fraction of sp³-hybridized carbons (Fsp3) is 0.300. The van der Waals surface area contributed by atoms with Gasteiger partial charge < -0.3 is 15.2 Å². The standard InChI is InChI=1S/C20H23NO2/c1-23-20-5-3-2-4-19(20)17-9-6-15(7-10-17)13-21-18-11-8-16(12-18)14-22/h2-11,16,18,21-22H,12-14H2,1H3/t16-,18+/m0/s1. The second kappa shape index (κ2) is 7.44. The molecule has 3 nitrogen and oxygen atoms in total. The summed E-state index contributed by atoms with van der Waals surface area (Å²) in [5.41, 5.74) is 3.52. The average molecular weight is 309 g/mol. The third-order valence-corrected chi connectivity index (χ3v) is 4.35. The van der Waals surface area contributed by atoms with Crippen molar-refractivity contribution >= 4 is 0 Å². The number of para-hydroxylation sites is 1. The van der Waals surface area contributed by atoms with Gasteiger partial charge in [-0.2, -0.15) is 0 Å². The SMILES string of the molecule is COc1ccccc1-c1ccc(CN[C@@H]2C=C[C@H](CO)C2)cc1. The first-order chi connectivity index (χ1) is 11.3. The Bertz CT molecular complexity index is 664. The van der Waals surface area contributed by atoms with E-state index in [1.807, 2.05) is 18.2 Å². The third-order valence-electron chi connectivity index (χ3n) is 4.35. The van der Waals surface area contributed by atoms with E-state index in [9.17, 15) is 0 Å². The Hall–Kier alpha value is -2.10. The molecule has 0 amide bonds. The molecule has 0 fully saturated rings. The molecule has 2 aromatic rings. The van der Waals surface area contributed by atoms with Crippen LogP contribution in [0.4, 0.5) is 0 Å². The van der Waals surface area contributed by atoms with E-state index in [0.29, 0.717) is 12.0 Å². The summed E-state index contributed by atoms with van der Waals surface area (Å²) < 4.78 is 5.43. The number of methoxy groups -OCH3 is 1. The highest BCUT2D eigenvalue weighted by molar-refractivity contribution is 5.70. The number of ether oxygens (including phenoxy) is 1. The van der Waals surface area contributed by atoms with Gasteiger partial charge in [0.1, 0.15) is 5.75 Å². The largest absolute Gasteiger partial charge is 0.496 e. The molecule has 0 radical (unpaired) electrons. The zero-order valence-corrected chi connectivity index (χ0v) is 13.4. The molecule has 0 saturated carbocycles. The van der Waals surface area contributed by atoms with E-state index in [-0.39, 0.29) is 6.61 Å². The van der Waals surface area contributed by atoms with Crippen molar-refractivity contribution in [2.45, 2.75) is 19.0 Å². The van der Waals surface area contributed by atoms with Crippen LogP contribution in [0.15, 0.2) is 60.7 Å². The van der Waals surface area contributed by atoms with E-state index in [1.54, 1.807) is 7.11 Å². The zero-order chi connectivity index (χ0) is 16.1. The predicted molar refractivity (Wildman–Crippen MR) is 93.4 cm³/mol. The molecule has 0 unspecified atom stereocenters. The molecular formula is C20H23NO2. The van der Waals surface area contributed by atoms with E-state index < -0.39 is 0 Å². The minimum atomic E-state index is 0.238. The van der Waals surface area contributed by atoms with Crippen molar-refractivity contribution in [3.63, 3.8) is 0 Å². The molecule has 2 N–H and O–H groups in total. The summed E-state index contributed by atoms with van der Waals surface area (Å²) in [5, 5.41) is 12.7. The summed E-state index contributed by atoms with van der Waals surface area (Å²) in [6.45, 7) is 1.07. The maximum atomic E-state index is 9.16. The number of hydrogen-bond acceptors (Lipinski definition) is 3. The number of benzene rings is 2. The third kappa shape index (κ3) is 3.81. The maximum absolute atomic E-state index is 9.16. The molecule has 2 atom stereocenters. The molecule has 2 aromatic carbocycles. The van der Waals surface area contributed by atoms with E-state index in [2.05, 4.69) is 47.8 Å². The average Bonchev–Trinajstić information content (AvgIpc) is 3.08. The van der Waals surface area contributed by atoms with Gasteiger partial charge in [-0.1, -0.05) is 54.6 Å². The van der Waals surface area contributed by atoms with E-state index in [0.717, 1.165) is 29.8 Å². The van der Waals surface area contributed by atoms with Crippen LogP contribution in [0.3, 0.4) is 0 Å². The summed E-state index contributed by atoms with van der Waals surface area (Å²) >= 11 is 0. The van der Waals surface area contributed by atoms with Gasteiger partial charge in [-0.3, -0.25) is 0 Å². The smallest absolute Gasteiger partial charge is 0.126 e. The summed E-state index contributed by atoms with van der Waals surface area (Å²) in [6, 6.07) is 17.0. The highest BCUT2D eigenvalue weighted by Gasteiger charge is 2.17. The summed E-state index contributed by atoms with van der Waals surface area (Å²) in [6.07, 6.45) is 5.24. The van der Waals surface area contributed by atoms with Crippen LogP contribution in [0.25, 0.3) is 11.1 Å². The van der Waals surface area contributed by atoms with Crippen LogP contribution in [0, 0.1) is 5.92 Å². The number of nitrogens with one attached hydrogen (secondary N) is 1. The van der Waals surface area contributed by atoms with Crippen LogP contribution in [-0.4, -0.2) is 24.9 Å². The van der Waals surface area contributed by atoms with Gasteiger partial charge in [0, 0.05) is 30.7 Å². The zero-order valence-electron chi connectivity index (χ0n) is 13.4. The Morgan fingerprint density at radius 3 is 2.57 bits per heavy atom. The van der Waals surface area contributed by atoms with Crippen molar-refractivity contribution < 1.29 is 9.84 Å². The van der Waals surface area contributed by atoms with Crippen LogP contribution < -0.4 is 10.1 Å². The van der Waals surface area contributed by atoms with E-state index in [1.165, 1.54) is 5.56 Å². The molecule has 3 rings (SSSR count). The van der Waals surface area contributed by atoms with Gasteiger partial charge in [0.25, 0.3) is 0 Å². The molecule has 23 heavy (non-hydrogen) atoms. The topological polar surface area (TPSA) is 41.5 Å². The first-order valence-corrected chi connectivity index (χ1v) is 8.05. The maximum Gasteiger partial charge on any atom is 0.126 e. The molecule has 120 valence electrons. The highest BCUT2D eigenvalue weighted by atomic mass is 16.5. The van der Waals surface area contributed by atoms with Crippen LogP contribution in [0.2, 0.25) is 0 Å². The second-order valence-corrected chi connectivity index (χ2v) is 5.95. The fourth-order valence-corrected chi connectivity index (χ4v) is 3.00. The molecule has 0 aromatic heterocycles. The first kappa shape index (κ1) is 15.8. The van der Waals surface area contributed by atoms with Crippen molar-refractivity contribution in [1.29, 1.82) is 0 Å². The first-order valence-electron chi connectivity index (χ1n) is 8.05. The van der Waals surface area contributed by atoms with Gasteiger partial charge in [0.15, 0.2) is 0 Å². The van der Waals surface area contributed by atoms with Crippen molar-refractivity contribution in [3.8, 4) is 16.9 Å². The Kier molecular flexibility index (Phi) is 5.11. The van der Waals surface area contributed by atoms with Gasteiger partial charge in [0.2, 0.25) is 0 Å². The van der Waals surface area contributed by atoms with Crippen molar-refractivity contribution in [2.75, 3.05) is 13.7 Å². The van der Waals surface area contributed by atoms with Gasteiger partial charge in [0.05, 0.1) is 7.11 Å². The number of aliphatic hydroxyl groups is 1. The molecule has 1 aliphatic rings. The van der Waals surface area contributed by atoms with Crippen molar-refractivity contribution in [3.05, 3.63) is 66.2 Å². The number of rotatable bonds is 6. The van der Waals surface area contributed by atoms with Crippen molar-refractivity contribution in [2.24, 2.45) is 5.92 Å². The van der Waals surface area contributed by atoms with Crippen LogP contribution in [0.5, 0.6) is 5.75 Å². The molecule has 0 saturated heterocycles. The monoisotopic (exact) mass is 309 g/mol. The van der Waals surface area contributed by atoms with Gasteiger partial charge >= 0.3 is 0 Å². The van der Waals surface area contributed by atoms with E-state index in [4.69, 9.17) is 9.84 Å². The van der Waals surface area contributed by atoms with Gasteiger partial charge in [-0.15, -0.1) is 0 Å². The predicted octanol–water partition coefficient (Wildman–Crippen LogP) is 3.39. The molecule has 0 bridgehead atoms. The number of aliphatic hydroxyl groups excluding tert-OH is 1. The minimum Gasteiger partial charge on any atom is -0.496 e. The molecular weight excluding hydrogens is 286 g/mol. The molecule has 1 aliphatic carbocycles. The highest BCUT2D eigenvalue weighted by Crippen LogP contribution is 2.29. The van der Waals surface area contributed by atoms with E-state index >= 15 is 0 Å². The van der Waals surface area contributed by atoms with Crippen LogP contribution in [0.1, 0.15) is 12.0 Å². The van der Waals surface area contributed by atoms with Crippen LogP contribution >= 0.6 is 0 Å². The molecule has 0 aliphatic heterocycles. The Morgan fingerprint density at radius 2 is 1.87 bits per heavy atom. The lowest BCUT2D eigenvalue weighted by Gasteiger charge is -2.13. The number of hydrogen-bond donors (Lipinski definition) is 2. The van der Waals surface area contributed by atoms with Crippen molar-refractivity contribution in [1.82, 2.24) is 5.32 Å². The second-order valence-electron chi connectivity index (χ2n) is 5.95. The Morgan fingerprint density at radius 1 is 1.09 bits per heavy atom. The molecule has 3 heteroatoms. The van der Waals surface area contributed by atoms with Crippen LogP contribution in [-0.2, 0) is 6.54 Å². The summed E-state index contributed by atoms with van der Waals surface area (Å²) in [4.78, 5) is 0. The normalized spacial score (nSPS) is 19.9. The Balaban J connectivity index is 1.62. The lowest BCUT2D eigenvalue weighted by molar-refractivity contribution is 0.246. The lowest BCUT2D eigenvalue weighted by atomic mass is 10.0.